The molecule has 3 N–H and O–H groups in total. The number of hydrogen-bond acceptors (Lipinski definition) is 7. The van der Waals surface area contributed by atoms with E-state index in [2.05, 4.69) is 29.6 Å². The Morgan fingerprint density at radius 2 is 1.56 bits per heavy atom. The van der Waals surface area contributed by atoms with Gasteiger partial charge in [0, 0.05) is 11.5 Å². The Balaban J connectivity index is 1.54. The van der Waals surface area contributed by atoms with Crippen molar-refractivity contribution in [3.63, 3.8) is 0 Å². The van der Waals surface area contributed by atoms with Crippen molar-refractivity contribution in [2.75, 3.05) is 10.6 Å². The topological polar surface area (TPSA) is 123 Å². The maximum Gasteiger partial charge on any atom is 0.323 e. The lowest BCUT2D eigenvalue weighted by atomic mass is 9.92. The molecule has 3 aromatic rings. The smallest absolute Gasteiger partial charge is 0.323 e. The molecular formula is C35H44N3O6P. The fourth-order valence-electron chi connectivity index (χ4n) is 5.16. The second-order valence-corrected chi connectivity index (χ2v) is 14.5. The number of anilines is 3. The molecule has 240 valence electrons. The average Bonchev–Trinajstić information content (AvgIpc) is 3.11. The minimum atomic E-state index is -3.72. The summed E-state index contributed by atoms with van der Waals surface area (Å²) in [6.45, 7) is 11.4. The maximum absolute atomic E-state index is 14.2. The number of ketones is 1. The monoisotopic (exact) mass is 633 g/mol. The van der Waals surface area contributed by atoms with Crippen molar-refractivity contribution in [1.82, 2.24) is 5.09 Å². The van der Waals surface area contributed by atoms with Crippen LogP contribution in [0.15, 0.2) is 66.7 Å². The molecule has 45 heavy (non-hydrogen) atoms. The number of hydrogen-bond donors (Lipinski definition) is 3. The van der Waals surface area contributed by atoms with Gasteiger partial charge in [0.05, 0.1) is 34.9 Å². The highest BCUT2D eigenvalue weighted by Crippen LogP contribution is 2.47. The Bertz CT molecular complexity index is 1570. The number of esters is 1. The van der Waals surface area contributed by atoms with E-state index in [-0.39, 0.29) is 29.9 Å². The highest BCUT2D eigenvalue weighted by molar-refractivity contribution is 7.56. The van der Waals surface area contributed by atoms with Gasteiger partial charge in [0.1, 0.15) is 11.8 Å². The van der Waals surface area contributed by atoms with E-state index in [1.54, 1.807) is 81.4 Å². The summed E-state index contributed by atoms with van der Waals surface area (Å²) in [5, 5.41) is 9.10. The number of Topliss-reactive ketones (excluding diaryl/α,β-unsaturated/α-hetero) is 1. The van der Waals surface area contributed by atoms with Gasteiger partial charge in [-0.3, -0.25) is 18.9 Å². The van der Waals surface area contributed by atoms with Crippen molar-refractivity contribution in [3.05, 3.63) is 83.4 Å². The number of amides is 1. The molecule has 10 heteroatoms. The van der Waals surface area contributed by atoms with E-state index in [4.69, 9.17) is 9.26 Å². The molecule has 0 fully saturated rings. The third-order valence-corrected chi connectivity index (χ3v) is 9.57. The Morgan fingerprint density at radius 1 is 0.844 bits per heavy atom. The number of ether oxygens (including phenoxy) is 1. The van der Waals surface area contributed by atoms with Crippen LogP contribution in [-0.4, -0.2) is 29.8 Å². The van der Waals surface area contributed by atoms with Gasteiger partial charge in [0.2, 0.25) is 0 Å². The molecule has 3 atom stereocenters. The first kappa shape index (κ1) is 33.9. The molecule has 1 amide bonds. The quantitative estimate of drug-likeness (QED) is 0.0920. The molecule has 0 spiro atoms. The standard InChI is InChI=1S/C35H44N3O6P/c1-22(2)11-10-12-24(5)33(39)27-16-18-31-32(20-27)37-34(40)29-19-26(15-17-30(29)36-31)21-45(42,44-28-13-8-7-9-14-28)38-25(6)35(41)43-23(3)4/h7-9,13-20,22-25,36H,10-12,21H2,1-6H3,(H,37,40)(H,38,42). The number of para-hydroxylation sites is 1. The lowest BCUT2D eigenvalue weighted by Crippen LogP contribution is -2.36. The molecule has 4 rings (SSSR count). The normalized spacial score (nSPS) is 15.1. The van der Waals surface area contributed by atoms with Crippen molar-refractivity contribution in [1.29, 1.82) is 0 Å². The summed E-state index contributed by atoms with van der Waals surface area (Å²) in [6, 6.07) is 18.3. The van der Waals surface area contributed by atoms with Gasteiger partial charge in [-0.1, -0.05) is 57.9 Å². The van der Waals surface area contributed by atoms with E-state index in [9.17, 15) is 18.9 Å². The zero-order valence-corrected chi connectivity index (χ0v) is 27.8. The van der Waals surface area contributed by atoms with Crippen LogP contribution >= 0.6 is 7.52 Å². The van der Waals surface area contributed by atoms with Crippen LogP contribution in [0.5, 0.6) is 5.75 Å². The summed E-state index contributed by atoms with van der Waals surface area (Å²) in [5.41, 5.74) is 3.20. The number of fused-ring (bicyclic) bond motifs is 2. The number of carbonyl (C=O) groups is 3. The van der Waals surface area contributed by atoms with E-state index >= 15 is 0 Å². The second kappa shape index (κ2) is 14.9. The van der Waals surface area contributed by atoms with Gasteiger partial charge in [-0.25, -0.2) is 5.09 Å². The highest BCUT2D eigenvalue weighted by atomic mass is 31.2. The van der Waals surface area contributed by atoms with Crippen molar-refractivity contribution in [3.8, 4) is 5.75 Å². The zero-order valence-electron chi connectivity index (χ0n) is 26.9. The summed E-state index contributed by atoms with van der Waals surface area (Å²) >= 11 is 0. The molecule has 3 unspecified atom stereocenters. The number of rotatable bonds is 14. The average molecular weight is 634 g/mol. The van der Waals surface area contributed by atoms with Crippen LogP contribution in [0.3, 0.4) is 0 Å². The summed E-state index contributed by atoms with van der Waals surface area (Å²) in [6.07, 6.45) is 2.46. The Morgan fingerprint density at radius 3 is 2.24 bits per heavy atom. The number of nitrogens with one attached hydrogen (secondary N) is 3. The van der Waals surface area contributed by atoms with Crippen LogP contribution in [0, 0.1) is 11.8 Å². The maximum atomic E-state index is 14.2. The van der Waals surface area contributed by atoms with Gasteiger partial charge in [-0.15, -0.1) is 0 Å². The molecule has 0 saturated heterocycles. The molecule has 0 aliphatic carbocycles. The lowest BCUT2D eigenvalue weighted by molar-refractivity contribution is -0.149. The van der Waals surface area contributed by atoms with Gasteiger partial charge in [0.15, 0.2) is 5.78 Å². The minimum Gasteiger partial charge on any atom is -0.462 e. The van der Waals surface area contributed by atoms with E-state index in [0.29, 0.717) is 45.4 Å². The molecule has 1 aliphatic rings. The van der Waals surface area contributed by atoms with Gasteiger partial charge in [-0.05, 0) is 81.1 Å². The van der Waals surface area contributed by atoms with Crippen molar-refractivity contribution in [2.24, 2.45) is 11.8 Å². The molecule has 3 aromatic carbocycles. The Kier molecular flexibility index (Phi) is 11.2. The zero-order chi connectivity index (χ0) is 32.7. The summed E-state index contributed by atoms with van der Waals surface area (Å²) < 4.78 is 25.5. The number of carbonyl (C=O) groups excluding carboxylic acids is 3. The summed E-state index contributed by atoms with van der Waals surface area (Å²) in [4.78, 5) is 39.2. The van der Waals surface area contributed by atoms with E-state index in [1.807, 2.05) is 13.0 Å². The molecular weight excluding hydrogens is 589 g/mol. The Hall–Kier alpha value is -3.94. The van der Waals surface area contributed by atoms with Crippen molar-refractivity contribution >= 4 is 42.2 Å². The van der Waals surface area contributed by atoms with Crippen LogP contribution in [0.1, 0.15) is 87.1 Å². The molecule has 1 aliphatic heterocycles. The number of benzene rings is 3. The fourth-order valence-corrected chi connectivity index (χ4v) is 7.20. The predicted octanol–water partition coefficient (Wildman–Crippen LogP) is 8.34. The van der Waals surface area contributed by atoms with Crippen LogP contribution < -0.4 is 20.2 Å². The molecule has 0 bridgehead atoms. The summed E-state index contributed by atoms with van der Waals surface area (Å²) in [5.74, 6) is -0.00969. The predicted molar refractivity (Wildman–Crippen MR) is 179 cm³/mol. The van der Waals surface area contributed by atoms with Crippen LogP contribution in [0.2, 0.25) is 0 Å². The van der Waals surface area contributed by atoms with Crippen molar-refractivity contribution < 1.29 is 28.2 Å². The fraction of sp³-hybridized carbons (Fsp3) is 0.400. The molecule has 1 heterocycles. The first-order chi connectivity index (χ1) is 21.3. The van der Waals surface area contributed by atoms with E-state index in [0.717, 1.165) is 19.3 Å². The molecule has 9 nitrogen and oxygen atoms in total. The van der Waals surface area contributed by atoms with Gasteiger partial charge in [0.25, 0.3) is 5.91 Å². The van der Waals surface area contributed by atoms with Crippen LogP contribution in [0.4, 0.5) is 17.1 Å². The third kappa shape index (κ3) is 9.28. The van der Waals surface area contributed by atoms with E-state index in [1.165, 1.54) is 0 Å². The van der Waals surface area contributed by atoms with Gasteiger partial charge >= 0.3 is 13.5 Å². The largest absolute Gasteiger partial charge is 0.462 e. The SMILES string of the molecule is CC(C)CCCC(C)C(=O)c1ccc2c(c1)NC(=O)c1cc(CP(=O)(NC(C)C(=O)OC(C)C)Oc3ccccc3)ccc1N2. The molecule has 0 aromatic heterocycles. The first-order valence-electron chi connectivity index (χ1n) is 15.5. The van der Waals surface area contributed by atoms with Crippen LogP contribution in [0.25, 0.3) is 0 Å². The lowest BCUT2D eigenvalue weighted by Gasteiger charge is -2.24. The highest BCUT2D eigenvalue weighted by Gasteiger charge is 2.32. The van der Waals surface area contributed by atoms with Gasteiger partial charge < -0.3 is 19.9 Å². The first-order valence-corrected chi connectivity index (χ1v) is 17.4. The molecule has 0 radical (unpaired) electrons. The summed E-state index contributed by atoms with van der Waals surface area (Å²) in [7, 11) is -3.72. The third-order valence-electron chi connectivity index (χ3n) is 7.50. The van der Waals surface area contributed by atoms with Crippen LogP contribution in [-0.2, 0) is 20.3 Å². The minimum absolute atomic E-state index is 0.0491. The second-order valence-electron chi connectivity index (χ2n) is 12.4. The Labute approximate surface area is 266 Å². The van der Waals surface area contributed by atoms with Gasteiger partial charge in [-0.2, -0.15) is 0 Å². The molecule has 0 saturated carbocycles. The van der Waals surface area contributed by atoms with E-state index < -0.39 is 19.5 Å². The van der Waals surface area contributed by atoms with Crippen molar-refractivity contribution in [2.45, 2.75) is 79.1 Å².